The fraction of sp³-hybridized carbons (Fsp3) is 0.529. The molecule has 1 saturated heterocycles. The maximum Gasteiger partial charge on any atom is 0.225 e. The summed E-state index contributed by atoms with van der Waals surface area (Å²) in [5.74, 6) is -0.175. The molecule has 1 aromatic carbocycles. The van der Waals surface area contributed by atoms with Crippen LogP contribution < -0.4 is 5.32 Å². The van der Waals surface area contributed by atoms with Crippen LogP contribution in [0.25, 0.3) is 0 Å². The van der Waals surface area contributed by atoms with Crippen LogP contribution in [0.1, 0.15) is 12.0 Å². The maximum absolute atomic E-state index is 12.3. The number of likely N-dealkylation sites (N-methyl/N-ethyl adjacent to an activating group) is 1. The Bertz CT molecular complexity index is 545. The molecule has 126 valence electrons. The SMILES string of the molecule is CSc1ccc(CNC(=O)C2CC(=O)N(CCN(C)C)C2)cc1. The summed E-state index contributed by atoms with van der Waals surface area (Å²) in [7, 11) is 3.96. The summed E-state index contributed by atoms with van der Waals surface area (Å²) in [5, 5.41) is 2.95. The zero-order chi connectivity index (χ0) is 16.8. The minimum absolute atomic E-state index is 0.0281. The zero-order valence-corrected chi connectivity index (χ0v) is 14.9. The van der Waals surface area contributed by atoms with Gasteiger partial charge in [0.1, 0.15) is 0 Å². The molecule has 23 heavy (non-hydrogen) atoms. The van der Waals surface area contributed by atoms with Gasteiger partial charge in [0.15, 0.2) is 0 Å². The van der Waals surface area contributed by atoms with Crippen molar-refractivity contribution in [2.24, 2.45) is 5.92 Å². The van der Waals surface area contributed by atoms with E-state index in [2.05, 4.69) is 5.32 Å². The molecule has 1 N–H and O–H groups in total. The lowest BCUT2D eigenvalue weighted by atomic mass is 10.1. The molecule has 1 unspecified atom stereocenters. The molecule has 2 amide bonds. The third-order valence-corrected chi connectivity index (χ3v) is 4.77. The second-order valence-electron chi connectivity index (χ2n) is 6.11. The molecule has 0 aliphatic carbocycles. The number of benzene rings is 1. The number of carbonyl (C=O) groups excluding carboxylic acids is 2. The quantitative estimate of drug-likeness (QED) is 0.766. The first kappa shape index (κ1) is 17.8. The van der Waals surface area contributed by atoms with Gasteiger partial charge in [0, 0.05) is 37.5 Å². The van der Waals surface area contributed by atoms with Crippen LogP contribution in [0.3, 0.4) is 0 Å². The Balaban J connectivity index is 1.80. The molecule has 0 bridgehead atoms. The average molecular weight is 335 g/mol. The lowest BCUT2D eigenvalue weighted by Gasteiger charge is -2.19. The molecule has 5 nitrogen and oxygen atoms in total. The van der Waals surface area contributed by atoms with Gasteiger partial charge >= 0.3 is 0 Å². The van der Waals surface area contributed by atoms with Crippen LogP contribution in [-0.2, 0) is 16.1 Å². The molecule has 0 radical (unpaired) electrons. The normalized spacial score (nSPS) is 17.8. The number of hydrogen-bond acceptors (Lipinski definition) is 4. The molecule has 1 atom stereocenters. The van der Waals surface area contributed by atoms with Crippen molar-refractivity contribution in [2.75, 3.05) is 40.0 Å². The van der Waals surface area contributed by atoms with E-state index in [-0.39, 0.29) is 17.7 Å². The highest BCUT2D eigenvalue weighted by Crippen LogP contribution is 2.18. The van der Waals surface area contributed by atoms with Crippen molar-refractivity contribution in [3.63, 3.8) is 0 Å². The summed E-state index contributed by atoms with van der Waals surface area (Å²) in [5.41, 5.74) is 1.07. The molecule has 0 spiro atoms. The van der Waals surface area contributed by atoms with E-state index >= 15 is 0 Å². The summed E-state index contributed by atoms with van der Waals surface area (Å²) in [6.45, 7) is 2.55. The second-order valence-corrected chi connectivity index (χ2v) is 6.99. The van der Waals surface area contributed by atoms with Crippen molar-refractivity contribution in [2.45, 2.75) is 17.9 Å². The molecule has 1 aliphatic rings. The Labute approximate surface area is 142 Å². The van der Waals surface area contributed by atoms with Crippen LogP contribution in [0.2, 0.25) is 0 Å². The first-order valence-corrected chi connectivity index (χ1v) is 9.05. The number of nitrogens with zero attached hydrogens (tertiary/aromatic N) is 2. The Morgan fingerprint density at radius 1 is 1.35 bits per heavy atom. The fourth-order valence-corrected chi connectivity index (χ4v) is 2.97. The zero-order valence-electron chi connectivity index (χ0n) is 14.0. The van der Waals surface area contributed by atoms with E-state index in [0.717, 1.165) is 12.1 Å². The van der Waals surface area contributed by atoms with E-state index in [4.69, 9.17) is 0 Å². The average Bonchev–Trinajstić information content (AvgIpc) is 2.92. The smallest absolute Gasteiger partial charge is 0.225 e. The van der Waals surface area contributed by atoms with Gasteiger partial charge < -0.3 is 15.1 Å². The third-order valence-electron chi connectivity index (χ3n) is 4.03. The van der Waals surface area contributed by atoms with Crippen molar-refractivity contribution in [3.8, 4) is 0 Å². The van der Waals surface area contributed by atoms with Crippen LogP contribution in [0.5, 0.6) is 0 Å². The molecule has 1 fully saturated rings. The minimum atomic E-state index is -0.227. The van der Waals surface area contributed by atoms with E-state index in [1.54, 1.807) is 16.7 Å². The Morgan fingerprint density at radius 2 is 2.04 bits per heavy atom. The molecule has 0 saturated carbocycles. The van der Waals surface area contributed by atoms with Crippen LogP contribution in [0.15, 0.2) is 29.2 Å². The lowest BCUT2D eigenvalue weighted by Crippen LogP contribution is -2.35. The standard InChI is InChI=1S/C17H25N3O2S/c1-19(2)8-9-20-12-14(10-16(20)21)17(22)18-11-13-4-6-15(23-3)7-5-13/h4-7,14H,8-12H2,1-3H3,(H,18,22). The van der Waals surface area contributed by atoms with E-state index < -0.39 is 0 Å². The van der Waals surface area contributed by atoms with Crippen molar-refractivity contribution in [1.29, 1.82) is 0 Å². The van der Waals surface area contributed by atoms with Gasteiger partial charge in [-0.25, -0.2) is 0 Å². The van der Waals surface area contributed by atoms with Crippen molar-refractivity contribution >= 4 is 23.6 Å². The highest BCUT2D eigenvalue weighted by Gasteiger charge is 2.33. The number of thioether (sulfide) groups is 1. The third kappa shape index (κ3) is 5.25. The monoisotopic (exact) mass is 335 g/mol. The molecule has 2 rings (SSSR count). The van der Waals surface area contributed by atoms with Gasteiger partial charge in [0.25, 0.3) is 0 Å². The summed E-state index contributed by atoms with van der Waals surface area (Å²) < 4.78 is 0. The summed E-state index contributed by atoms with van der Waals surface area (Å²) in [6.07, 6.45) is 2.36. The molecule has 6 heteroatoms. The van der Waals surface area contributed by atoms with Crippen molar-refractivity contribution in [3.05, 3.63) is 29.8 Å². The summed E-state index contributed by atoms with van der Waals surface area (Å²) in [4.78, 5) is 29.3. The van der Waals surface area contributed by atoms with Crippen LogP contribution in [0.4, 0.5) is 0 Å². The van der Waals surface area contributed by atoms with Crippen LogP contribution >= 0.6 is 11.8 Å². The molecular weight excluding hydrogens is 310 g/mol. The molecular formula is C17H25N3O2S. The van der Waals surface area contributed by atoms with Crippen molar-refractivity contribution in [1.82, 2.24) is 15.1 Å². The van der Waals surface area contributed by atoms with E-state index in [0.29, 0.717) is 26.1 Å². The number of nitrogens with one attached hydrogen (secondary N) is 1. The van der Waals surface area contributed by atoms with Gasteiger partial charge in [-0.3, -0.25) is 9.59 Å². The lowest BCUT2D eigenvalue weighted by molar-refractivity contribution is -0.129. The second kappa shape index (κ2) is 8.36. The van der Waals surface area contributed by atoms with E-state index in [1.165, 1.54) is 4.90 Å². The highest BCUT2D eigenvalue weighted by molar-refractivity contribution is 7.98. The largest absolute Gasteiger partial charge is 0.352 e. The molecule has 1 heterocycles. The van der Waals surface area contributed by atoms with E-state index in [1.807, 2.05) is 49.5 Å². The number of carbonyl (C=O) groups is 2. The van der Waals surface area contributed by atoms with Gasteiger partial charge in [-0.1, -0.05) is 12.1 Å². The minimum Gasteiger partial charge on any atom is -0.352 e. The van der Waals surface area contributed by atoms with Gasteiger partial charge in [-0.2, -0.15) is 0 Å². The van der Waals surface area contributed by atoms with Crippen LogP contribution in [-0.4, -0.2) is 61.6 Å². The Kier molecular flexibility index (Phi) is 6.47. The van der Waals surface area contributed by atoms with Gasteiger partial charge in [0.05, 0.1) is 5.92 Å². The summed E-state index contributed by atoms with van der Waals surface area (Å²) >= 11 is 1.70. The van der Waals surface area contributed by atoms with Gasteiger partial charge in [-0.05, 0) is 38.0 Å². The topological polar surface area (TPSA) is 52.7 Å². The Morgan fingerprint density at radius 3 is 2.65 bits per heavy atom. The van der Waals surface area contributed by atoms with Crippen molar-refractivity contribution < 1.29 is 9.59 Å². The first-order chi connectivity index (χ1) is 11.0. The number of rotatable bonds is 7. The molecule has 0 aromatic heterocycles. The van der Waals surface area contributed by atoms with Crippen LogP contribution in [0, 0.1) is 5.92 Å². The predicted molar refractivity (Wildman–Crippen MR) is 93.3 cm³/mol. The van der Waals surface area contributed by atoms with Gasteiger partial charge in [0.2, 0.25) is 11.8 Å². The fourth-order valence-electron chi connectivity index (χ4n) is 2.56. The van der Waals surface area contributed by atoms with E-state index in [9.17, 15) is 9.59 Å². The van der Waals surface area contributed by atoms with Gasteiger partial charge in [-0.15, -0.1) is 11.8 Å². The molecule has 1 aromatic rings. The Hall–Kier alpha value is -1.53. The highest BCUT2D eigenvalue weighted by atomic mass is 32.2. The summed E-state index contributed by atoms with van der Waals surface area (Å²) in [6, 6.07) is 8.15. The first-order valence-electron chi connectivity index (χ1n) is 7.82. The number of likely N-dealkylation sites (tertiary alicyclic amines) is 1. The molecule has 1 aliphatic heterocycles. The number of amides is 2. The maximum atomic E-state index is 12.3. The number of hydrogen-bond donors (Lipinski definition) is 1. The predicted octanol–water partition coefficient (Wildman–Crippen LogP) is 1.43.